The Morgan fingerprint density at radius 1 is 1.37 bits per heavy atom. The third kappa shape index (κ3) is 3.68. The molecule has 0 saturated carbocycles. The first kappa shape index (κ1) is 19.7. The van der Waals surface area contributed by atoms with Crippen LogP contribution in [0.2, 0.25) is 0 Å². The lowest BCUT2D eigenvalue weighted by Crippen LogP contribution is -2.57. The molecule has 1 aromatic heterocycles. The number of furan rings is 1. The van der Waals surface area contributed by atoms with Gasteiger partial charge < -0.3 is 19.8 Å². The Kier molecular flexibility index (Phi) is 5.48. The number of hydrogen-bond donors (Lipinski definition) is 2. The third-order valence-electron chi connectivity index (χ3n) is 5.14. The molecule has 0 spiro atoms. The molecule has 1 aromatic carbocycles. The van der Waals surface area contributed by atoms with E-state index in [1.165, 1.54) is 0 Å². The van der Waals surface area contributed by atoms with Gasteiger partial charge in [-0.25, -0.2) is 8.42 Å². The van der Waals surface area contributed by atoms with Gasteiger partial charge in [0.15, 0.2) is 25.9 Å². The summed E-state index contributed by atoms with van der Waals surface area (Å²) in [5, 5.41) is 6.83. The molecule has 1 saturated heterocycles. The van der Waals surface area contributed by atoms with Crippen molar-refractivity contribution in [2.75, 3.05) is 26.0 Å². The minimum absolute atomic E-state index is 0.263. The maximum Gasteiger partial charge on any atom is 0.242 e. The van der Waals surface area contributed by atoms with Gasteiger partial charge in [-0.3, -0.25) is 4.79 Å². The van der Waals surface area contributed by atoms with Crippen molar-refractivity contribution in [3.8, 4) is 5.75 Å². The molecule has 1 aliphatic heterocycles. The summed E-state index contributed by atoms with van der Waals surface area (Å²) in [5.74, 6) is 0.735. The second-order valence-corrected chi connectivity index (χ2v) is 9.29. The van der Waals surface area contributed by atoms with Crippen LogP contribution in [0.25, 0.3) is 11.0 Å². The molecular formula is C19H26N2O5S. The van der Waals surface area contributed by atoms with E-state index in [-0.39, 0.29) is 12.8 Å². The van der Waals surface area contributed by atoms with Crippen LogP contribution in [0, 0.1) is 0 Å². The number of para-hydroxylation sites is 1. The lowest BCUT2D eigenvalue weighted by atomic mass is 9.95. The van der Waals surface area contributed by atoms with Crippen molar-refractivity contribution in [1.82, 2.24) is 10.6 Å². The first-order valence-electron chi connectivity index (χ1n) is 9.15. The van der Waals surface area contributed by atoms with E-state index in [1.807, 2.05) is 31.2 Å². The van der Waals surface area contributed by atoms with Gasteiger partial charge in [-0.05, 0) is 51.9 Å². The molecule has 1 aliphatic rings. The summed E-state index contributed by atoms with van der Waals surface area (Å²) in [6, 6.07) is 7.00. The zero-order chi connectivity index (χ0) is 19.7. The van der Waals surface area contributed by atoms with Crippen molar-refractivity contribution in [3.63, 3.8) is 0 Å². The number of ether oxygens (including phenoxy) is 1. The summed E-state index contributed by atoms with van der Waals surface area (Å²) in [7, 11) is -3.56. The fourth-order valence-electron chi connectivity index (χ4n) is 3.53. The zero-order valence-corrected chi connectivity index (χ0v) is 16.7. The summed E-state index contributed by atoms with van der Waals surface area (Å²) in [4.78, 5) is 13.0. The molecule has 27 heavy (non-hydrogen) atoms. The van der Waals surface area contributed by atoms with Gasteiger partial charge in [-0.1, -0.05) is 12.1 Å². The monoisotopic (exact) mass is 394 g/mol. The molecule has 7 nitrogen and oxygen atoms in total. The zero-order valence-electron chi connectivity index (χ0n) is 15.9. The van der Waals surface area contributed by atoms with E-state index in [1.54, 1.807) is 6.92 Å². The predicted octanol–water partition coefficient (Wildman–Crippen LogP) is 2.18. The first-order valence-corrected chi connectivity index (χ1v) is 11.0. The molecule has 0 aliphatic carbocycles. The van der Waals surface area contributed by atoms with Gasteiger partial charge in [0.05, 0.1) is 12.6 Å². The van der Waals surface area contributed by atoms with E-state index in [9.17, 15) is 13.2 Å². The van der Waals surface area contributed by atoms with E-state index in [4.69, 9.17) is 9.15 Å². The number of piperidine rings is 1. The van der Waals surface area contributed by atoms with E-state index in [0.717, 1.165) is 11.6 Å². The van der Waals surface area contributed by atoms with E-state index >= 15 is 0 Å². The van der Waals surface area contributed by atoms with E-state index in [0.29, 0.717) is 36.8 Å². The standard InChI is InChI=1S/C19H26N2O5S/c1-4-25-15-7-5-6-14-12-16(26-17(14)15)13(2)21-18(22)19(27(3,23)24)8-10-20-11-9-19/h5-7,12-13,20H,4,8-11H2,1-3H3,(H,21,22). The number of benzene rings is 1. The van der Waals surface area contributed by atoms with Crippen molar-refractivity contribution in [2.45, 2.75) is 37.5 Å². The van der Waals surface area contributed by atoms with Crippen LogP contribution in [0.4, 0.5) is 0 Å². The lowest BCUT2D eigenvalue weighted by molar-refractivity contribution is -0.125. The van der Waals surface area contributed by atoms with Crippen LogP contribution in [0.15, 0.2) is 28.7 Å². The highest BCUT2D eigenvalue weighted by molar-refractivity contribution is 7.92. The minimum atomic E-state index is -3.56. The Labute approximate surface area is 159 Å². The molecule has 8 heteroatoms. The number of rotatable bonds is 6. The third-order valence-corrected chi connectivity index (χ3v) is 7.15. The van der Waals surface area contributed by atoms with Crippen molar-refractivity contribution < 1.29 is 22.4 Å². The number of sulfone groups is 1. The number of hydrogen-bond acceptors (Lipinski definition) is 6. The number of carbonyl (C=O) groups is 1. The highest BCUT2D eigenvalue weighted by Crippen LogP contribution is 2.33. The van der Waals surface area contributed by atoms with Crippen LogP contribution in [-0.4, -0.2) is 45.0 Å². The van der Waals surface area contributed by atoms with Crippen LogP contribution in [0.3, 0.4) is 0 Å². The van der Waals surface area contributed by atoms with Crippen molar-refractivity contribution in [1.29, 1.82) is 0 Å². The van der Waals surface area contributed by atoms with Crippen LogP contribution in [0.5, 0.6) is 5.75 Å². The Bertz CT molecular complexity index is 929. The molecule has 2 heterocycles. The first-order chi connectivity index (χ1) is 12.8. The molecule has 1 atom stereocenters. The number of nitrogens with one attached hydrogen (secondary N) is 2. The highest BCUT2D eigenvalue weighted by atomic mass is 32.2. The van der Waals surface area contributed by atoms with Gasteiger partial charge in [0, 0.05) is 11.6 Å². The van der Waals surface area contributed by atoms with Crippen LogP contribution >= 0.6 is 0 Å². The highest BCUT2D eigenvalue weighted by Gasteiger charge is 2.49. The fraction of sp³-hybridized carbons (Fsp3) is 0.526. The molecule has 1 fully saturated rings. The number of amides is 1. The SMILES string of the molecule is CCOc1cccc2cc(C(C)NC(=O)C3(S(C)(=O)=O)CCNCC3)oc12. The molecule has 3 rings (SSSR count). The number of carbonyl (C=O) groups excluding carboxylic acids is 1. The maximum absolute atomic E-state index is 13.0. The molecular weight excluding hydrogens is 368 g/mol. The molecule has 2 N–H and O–H groups in total. The average molecular weight is 394 g/mol. The van der Waals surface area contributed by atoms with Crippen LogP contribution < -0.4 is 15.4 Å². The van der Waals surface area contributed by atoms with Gasteiger partial charge in [0.1, 0.15) is 5.76 Å². The molecule has 0 bridgehead atoms. The quantitative estimate of drug-likeness (QED) is 0.779. The van der Waals surface area contributed by atoms with Gasteiger partial charge in [-0.15, -0.1) is 0 Å². The fourth-order valence-corrected chi connectivity index (χ4v) is 4.88. The Morgan fingerprint density at radius 2 is 2.07 bits per heavy atom. The summed E-state index contributed by atoms with van der Waals surface area (Å²) in [6.07, 6.45) is 1.66. The second kappa shape index (κ2) is 7.52. The maximum atomic E-state index is 13.0. The molecule has 1 amide bonds. The lowest BCUT2D eigenvalue weighted by Gasteiger charge is -2.35. The van der Waals surface area contributed by atoms with Crippen LogP contribution in [-0.2, 0) is 14.6 Å². The number of fused-ring (bicyclic) bond motifs is 1. The largest absolute Gasteiger partial charge is 0.490 e. The summed E-state index contributed by atoms with van der Waals surface area (Å²) in [6.45, 7) is 5.20. The minimum Gasteiger partial charge on any atom is -0.490 e. The van der Waals surface area contributed by atoms with Gasteiger partial charge >= 0.3 is 0 Å². The van der Waals surface area contributed by atoms with Crippen molar-refractivity contribution >= 4 is 26.7 Å². The summed E-state index contributed by atoms with van der Waals surface area (Å²) < 4.78 is 34.9. The van der Waals surface area contributed by atoms with Gasteiger partial charge in [0.2, 0.25) is 5.91 Å². The van der Waals surface area contributed by atoms with Gasteiger partial charge in [-0.2, -0.15) is 0 Å². The van der Waals surface area contributed by atoms with Crippen molar-refractivity contribution in [3.05, 3.63) is 30.0 Å². The Balaban J connectivity index is 1.86. The van der Waals surface area contributed by atoms with Crippen molar-refractivity contribution in [2.24, 2.45) is 0 Å². The van der Waals surface area contributed by atoms with E-state index < -0.39 is 26.5 Å². The van der Waals surface area contributed by atoms with Crippen LogP contribution in [0.1, 0.15) is 38.5 Å². The normalized spacial score (nSPS) is 18.2. The summed E-state index contributed by atoms with van der Waals surface area (Å²) >= 11 is 0. The Hall–Kier alpha value is -2.06. The summed E-state index contributed by atoms with van der Waals surface area (Å²) in [5.41, 5.74) is 0.621. The smallest absolute Gasteiger partial charge is 0.242 e. The average Bonchev–Trinajstić information content (AvgIpc) is 3.07. The second-order valence-electron chi connectivity index (χ2n) is 6.97. The topological polar surface area (TPSA) is 97.6 Å². The predicted molar refractivity (Wildman–Crippen MR) is 104 cm³/mol. The molecule has 0 radical (unpaired) electrons. The van der Waals surface area contributed by atoms with Gasteiger partial charge in [0.25, 0.3) is 0 Å². The molecule has 148 valence electrons. The van der Waals surface area contributed by atoms with E-state index in [2.05, 4.69) is 10.6 Å². The molecule has 2 aromatic rings. The molecule has 1 unspecified atom stereocenters. The Morgan fingerprint density at radius 3 is 2.70 bits per heavy atom.